The summed E-state index contributed by atoms with van der Waals surface area (Å²) in [4.78, 5) is 38.4. The third kappa shape index (κ3) is 6.47. The van der Waals surface area contributed by atoms with Gasteiger partial charge in [-0.25, -0.2) is 4.98 Å². The monoisotopic (exact) mass is 612 g/mol. The first-order chi connectivity index (χ1) is 20.4. The zero-order valence-electron chi connectivity index (χ0n) is 23.3. The molecule has 0 radical (unpaired) electrons. The number of benzene rings is 2. The van der Waals surface area contributed by atoms with Crippen LogP contribution < -0.4 is 21.1 Å². The Labute approximate surface area is 249 Å². The summed E-state index contributed by atoms with van der Waals surface area (Å²) in [7, 11) is 2.12. The number of likely N-dealkylation sites (N-methyl/N-ethyl adjacent to an activating group) is 1. The first-order valence-corrected chi connectivity index (χ1v) is 13.8. The number of aromatic nitrogens is 3. The fourth-order valence-electron chi connectivity index (χ4n) is 4.80. The van der Waals surface area contributed by atoms with Crippen molar-refractivity contribution in [2.45, 2.75) is 19.6 Å². The molecule has 14 heteroatoms. The Kier molecular flexibility index (Phi) is 8.38. The molecule has 0 unspecified atom stereocenters. The van der Waals surface area contributed by atoms with Crippen molar-refractivity contribution in [3.63, 3.8) is 0 Å². The molecular formula is C29H28ClF3N8O2. The standard InChI is InChI=1S/C29H28ClF3N8O2/c1-3-41-25-18(16-35-28(38-25)36-19-5-7-20(8-6-19)40-12-10-39(2)11-13-40)14-22(26(41)42)21-9-4-17(15-23(21)30)24(34)37-27(43)29(31,32)33/h4-9,14-16H,3,10-13H2,1-2H3,(H2,34,37,43)(H,35,36,38). The predicted octanol–water partition coefficient (Wildman–Crippen LogP) is 4.63. The Morgan fingerprint density at radius 3 is 2.37 bits per heavy atom. The minimum atomic E-state index is -5.14. The van der Waals surface area contributed by atoms with Crippen LogP contribution in [0, 0.1) is 5.41 Å². The van der Waals surface area contributed by atoms with Crippen molar-refractivity contribution in [2.24, 2.45) is 0 Å². The third-order valence-electron chi connectivity index (χ3n) is 7.18. The Bertz CT molecular complexity index is 1750. The van der Waals surface area contributed by atoms with E-state index in [1.165, 1.54) is 28.1 Å². The van der Waals surface area contributed by atoms with E-state index >= 15 is 0 Å². The molecule has 1 saturated heterocycles. The number of aryl methyl sites for hydroxylation is 1. The van der Waals surface area contributed by atoms with E-state index in [-0.39, 0.29) is 21.7 Å². The summed E-state index contributed by atoms with van der Waals surface area (Å²) in [5.74, 6) is -2.73. The summed E-state index contributed by atoms with van der Waals surface area (Å²) in [6, 6.07) is 13.5. The lowest BCUT2D eigenvalue weighted by molar-refractivity contribution is -0.171. The van der Waals surface area contributed by atoms with E-state index in [0.717, 1.165) is 37.6 Å². The molecule has 0 atom stereocenters. The highest BCUT2D eigenvalue weighted by Gasteiger charge is 2.39. The molecule has 2 aromatic carbocycles. The van der Waals surface area contributed by atoms with Gasteiger partial charge in [0.1, 0.15) is 11.5 Å². The molecule has 0 saturated carbocycles. The molecule has 224 valence electrons. The highest BCUT2D eigenvalue weighted by atomic mass is 35.5. The van der Waals surface area contributed by atoms with Crippen LogP contribution in [0.1, 0.15) is 12.5 Å². The lowest BCUT2D eigenvalue weighted by Gasteiger charge is -2.34. The van der Waals surface area contributed by atoms with Crippen LogP contribution >= 0.6 is 11.6 Å². The number of hydrogen-bond acceptors (Lipinski definition) is 8. The molecular weight excluding hydrogens is 585 g/mol. The van der Waals surface area contributed by atoms with E-state index in [1.807, 2.05) is 24.3 Å². The zero-order valence-corrected chi connectivity index (χ0v) is 24.1. The molecule has 0 aliphatic carbocycles. The van der Waals surface area contributed by atoms with Crippen molar-refractivity contribution in [2.75, 3.05) is 43.4 Å². The Balaban J connectivity index is 1.39. The number of rotatable bonds is 6. The van der Waals surface area contributed by atoms with Gasteiger partial charge in [-0.15, -0.1) is 0 Å². The van der Waals surface area contributed by atoms with Crippen LogP contribution in [0.4, 0.5) is 30.5 Å². The Hall–Kier alpha value is -4.49. The van der Waals surface area contributed by atoms with Gasteiger partial charge in [0.25, 0.3) is 5.56 Å². The molecule has 1 fully saturated rings. The topological polar surface area (TPSA) is 119 Å². The van der Waals surface area contributed by atoms with E-state index in [0.29, 0.717) is 29.1 Å². The molecule has 3 N–H and O–H groups in total. The van der Waals surface area contributed by atoms with E-state index in [2.05, 4.69) is 32.1 Å². The maximum absolute atomic E-state index is 13.5. The minimum absolute atomic E-state index is 0.0156. The number of nitrogens with zero attached hydrogens (tertiary/aromatic N) is 5. The summed E-state index contributed by atoms with van der Waals surface area (Å²) in [6.07, 6.45) is -3.55. The zero-order chi connectivity index (χ0) is 30.9. The molecule has 1 amide bonds. The van der Waals surface area contributed by atoms with Crippen LogP contribution in [0.2, 0.25) is 5.02 Å². The van der Waals surface area contributed by atoms with Crippen LogP contribution in [0.3, 0.4) is 0 Å². The molecule has 10 nitrogen and oxygen atoms in total. The van der Waals surface area contributed by atoms with Crippen molar-refractivity contribution < 1.29 is 18.0 Å². The second-order valence-corrected chi connectivity index (χ2v) is 10.5. The summed E-state index contributed by atoms with van der Waals surface area (Å²) >= 11 is 6.41. The third-order valence-corrected chi connectivity index (χ3v) is 7.49. The first kappa shape index (κ1) is 30.0. The van der Waals surface area contributed by atoms with Gasteiger partial charge in [0, 0.05) is 77.4 Å². The van der Waals surface area contributed by atoms with Gasteiger partial charge in [0.2, 0.25) is 5.95 Å². The van der Waals surface area contributed by atoms with Gasteiger partial charge in [-0.05, 0) is 50.4 Å². The number of amidine groups is 1. The van der Waals surface area contributed by atoms with Crippen molar-refractivity contribution >= 4 is 51.7 Å². The average molecular weight is 613 g/mol. The number of carbonyl (C=O) groups is 1. The first-order valence-electron chi connectivity index (χ1n) is 13.4. The number of alkyl halides is 3. The van der Waals surface area contributed by atoms with Gasteiger partial charge >= 0.3 is 12.1 Å². The Morgan fingerprint density at radius 1 is 1.05 bits per heavy atom. The molecule has 4 aromatic rings. The molecule has 0 bridgehead atoms. The van der Waals surface area contributed by atoms with Crippen LogP contribution in [0.5, 0.6) is 0 Å². The largest absolute Gasteiger partial charge is 0.471 e. The lowest BCUT2D eigenvalue weighted by Crippen LogP contribution is -2.44. The van der Waals surface area contributed by atoms with Gasteiger partial charge in [-0.3, -0.25) is 19.6 Å². The average Bonchev–Trinajstić information content (AvgIpc) is 2.97. The summed E-state index contributed by atoms with van der Waals surface area (Å²) < 4.78 is 39.2. The normalized spacial score (nSPS) is 14.1. The molecule has 3 heterocycles. The predicted molar refractivity (Wildman–Crippen MR) is 160 cm³/mol. The van der Waals surface area contributed by atoms with Crippen molar-refractivity contribution in [1.82, 2.24) is 24.8 Å². The van der Waals surface area contributed by atoms with Gasteiger partial charge in [-0.1, -0.05) is 23.7 Å². The summed E-state index contributed by atoms with van der Waals surface area (Å²) in [6.45, 7) is 6.05. The molecule has 0 spiro atoms. The van der Waals surface area contributed by atoms with Crippen molar-refractivity contribution in [1.29, 1.82) is 5.41 Å². The number of carbonyl (C=O) groups excluding carboxylic acids is 1. The SMILES string of the molecule is CCn1c(=O)c(-c2ccc(C(=N)NC(=O)C(F)(F)F)cc2Cl)cc2cnc(Nc3ccc(N4CCN(C)CC4)cc3)nc21. The van der Waals surface area contributed by atoms with Gasteiger partial charge in [0.15, 0.2) is 0 Å². The number of fused-ring (bicyclic) bond motifs is 1. The van der Waals surface area contributed by atoms with Crippen molar-refractivity contribution in [3.8, 4) is 11.1 Å². The molecule has 2 aromatic heterocycles. The highest BCUT2D eigenvalue weighted by molar-refractivity contribution is 6.33. The van der Waals surface area contributed by atoms with Crippen LogP contribution in [-0.4, -0.2) is 70.6 Å². The smallest absolute Gasteiger partial charge is 0.369 e. The number of amides is 1. The van der Waals surface area contributed by atoms with Crippen LogP contribution in [0.15, 0.2) is 59.5 Å². The summed E-state index contributed by atoms with van der Waals surface area (Å²) in [5, 5.41) is 13.1. The minimum Gasteiger partial charge on any atom is -0.369 e. The molecule has 1 aliphatic rings. The number of piperazine rings is 1. The molecule has 43 heavy (non-hydrogen) atoms. The summed E-state index contributed by atoms with van der Waals surface area (Å²) in [5.41, 5.74) is 2.43. The highest BCUT2D eigenvalue weighted by Crippen LogP contribution is 2.29. The second kappa shape index (κ2) is 12.0. The van der Waals surface area contributed by atoms with Crippen LogP contribution in [-0.2, 0) is 11.3 Å². The maximum atomic E-state index is 13.5. The fourth-order valence-corrected chi connectivity index (χ4v) is 5.08. The number of hydrogen-bond donors (Lipinski definition) is 3. The van der Waals surface area contributed by atoms with E-state index < -0.39 is 17.9 Å². The lowest BCUT2D eigenvalue weighted by atomic mass is 10.0. The van der Waals surface area contributed by atoms with E-state index in [9.17, 15) is 22.8 Å². The van der Waals surface area contributed by atoms with Crippen LogP contribution in [0.25, 0.3) is 22.2 Å². The number of halogens is 4. The van der Waals surface area contributed by atoms with Crippen molar-refractivity contribution in [3.05, 3.63) is 75.7 Å². The number of anilines is 3. The quantitative estimate of drug-likeness (QED) is 0.215. The number of nitrogens with one attached hydrogen (secondary N) is 3. The number of pyridine rings is 1. The van der Waals surface area contributed by atoms with Gasteiger partial charge in [-0.2, -0.15) is 18.2 Å². The Morgan fingerprint density at radius 2 is 1.74 bits per heavy atom. The van der Waals surface area contributed by atoms with E-state index in [1.54, 1.807) is 19.2 Å². The maximum Gasteiger partial charge on any atom is 0.471 e. The van der Waals surface area contributed by atoms with Gasteiger partial charge < -0.3 is 20.4 Å². The molecule has 5 rings (SSSR count). The fraction of sp³-hybridized carbons (Fsp3) is 0.276. The van der Waals surface area contributed by atoms with Gasteiger partial charge in [0.05, 0.1) is 0 Å². The second-order valence-electron chi connectivity index (χ2n) is 10.1. The van der Waals surface area contributed by atoms with E-state index in [4.69, 9.17) is 17.0 Å². The molecule has 1 aliphatic heterocycles.